The Bertz CT molecular complexity index is 218. The Balaban J connectivity index is 2.04. The normalized spacial score (nSPS) is 19.3. The van der Waals surface area contributed by atoms with Crippen molar-refractivity contribution in [3.8, 4) is 0 Å². The minimum Gasteiger partial charge on any atom is -0.303 e. The second-order valence-electron chi connectivity index (χ2n) is 8.29. The molecule has 0 spiro atoms. The van der Waals surface area contributed by atoms with Gasteiger partial charge in [0.1, 0.15) is 0 Å². The molecule has 114 valence electrons. The molecule has 0 radical (unpaired) electrons. The molecule has 1 heterocycles. The first-order valence-corrected chi connectivity index (χ1v) is 8.59. The van der Waals surface area contributed by atoms with Gasteiger partial charge in [0.2, 0.25) is 0 Å². The zero-order valence-corrected chi connectivity index (χ0v) is 14.2. The summed E-state index contributed by atoms with van der Waals surface area (Å²) >= 11 is 0. The van der Waals surface area contributed by atoms with Crippen molar-refractivity contribution >= 4 is 0 Å². The minimum atomic E-state index is 0.518. The molecular formula is C18H37N. The molecule has 0 bridgehead atoms. The summed E-state index contributed by atoms with van der Waals surface area (Å²) in [6.07, 6.45) is 9.96. The van der Waals surface area contributed by atoms with Crippen LogP contribution in [-0.4, -0.2) is 24.5 Å². The Hall–Kier alpha value is -0.0400. The lowest BCUT2D eigenvalue weighted by Gasteiger charge is -2.35. The van der Waals surface area contributed by atoms with E-state index in [2.05, 4.69) is 39.5 Å². The second kappa shape index (κ2) is 8.29. The van der Waals surface area contributed by atoms with E-state index in [1.165, 1.54) is 64.6 Å². The summed E-state index contributed by atoms with van der Waals surface area (Å²) in [5, 5.41) is 0. The molecule has 1 nitrogen and oxygen atoms in total. The summed E-state index contributed by atoms with van der Waals surface area (Å²) in [7, 11) is 0. The van der Waals surface area contributed by atoms with Gasteiger partial charge >= 0.3 is 0 Å². The number of likely N-dealkylation sites (tertiary alicyclic amines) is 1. The first kappa shape index (κ1) is 17.0. The van der Waals surface area contributed by atoms with Crippen LogP contribution in [0, 0.1) is 17.3 Å². The fraction of sp³-hybridized carbons (Fsp3) is 1.00. The van der Waals surface area contributed by atoms with Crippen LogP contribution in [0.4, 0.5) is 0 Å². The molecule has 0 N–H and O–H groups in total. The molecular weight excluding hydrogens is 230 g/mol. The second-order valence-corrected chi connectivity index (χ2v) is 8.29. The van der Waals surface area contributed by atoms with E-state index >= 15 is 0 Å². The van der Waals surface area contributed by atoms with Crippen molar-refractivity contribution < 1.29 is 0 Å². The maximum Gasteiger partial charge on any atom is -0.00161 e. The summed E-state index contributed by atoms with van der Waals surface area (Å²) in [5.74, 6) is 1.87. The molecule has 0 aromatic heterocycles. The van der Waals surface area contributed by atoms with E-state index in [1.807, 2.05) is 0 Å². The summed E-state index contributed by atoms with van der Waals surface area (Å²) < 4.78 is 0. The van der Waals surface area contributed by atoms with Crippen LogP contribution >= 0.6 is 0 Å². The maximum atomic E-state index is 2.70. The number of piperidine rings is 1. The Labute approximate surface area is 122 Å². The van der Waals surface area contributed by atoms with Crippen molar-refractivity contribution in [3.63, 3.8) is 0 Å². The standard InChI is InChI=1S/C18H37N/c1-16(2)9-7-6-8-12-19-13-10-17(11-14-19)15-18(3,4)5/h16-17H,6-15H2,1-5H3. The van der Waals surface area contributed by atoms with Crippen molar-refractivity contribution in [2.24, 2.45) is 17.3 Å². The molecule has 1 aliphatic rings. The Morgan fingerprint density at radius 3 is 2.16 bits per heavy atom. The third-order valence-corrected chi connectivity index (χ3v) is 4.36. The smallest absolute Gasteiger partial charge is 0.00161 e. The monoisotopic (exact) mass is 267 g/mol. The molecule has 0 unspecified atom stereocenters. The molecule has 0 atom stereocenters. The number of unbranched alkanes of at least 4 members (excludes halogenated alkanes) is 2. The molecule has 1 rings (SSSR count). The van der Waals surface area contributed by atoms with Crippen LogP contribution in [0.3, 0.4) is 0 Å². The van der Waals surface area contributed by atoms with E-state index in [1.54, 1.807) is 0 Å². The first-order valence-electron chi connectivity index (χ1n) is 8.59. The molecule has 19 heavy (non-hydrogen) atoms. The van der Waals surface area contributed by atoms with Crippen molar-refractivity contribution in [1.29, 1.82) is 0 Å². The lowest BCUT2D eigenvalue weighted by atomic mass is 9.80. The maximum absolute atomic E-state index is 2.70. The van der Waals surface area contributed by atoms with Gasteiger partial charge in [0.05, 0.1) is 0 Å². The predicted octanol–water partition coefficient (Wildman–Crippen LogP) is 5.35. The lowest BCUT2D eigenvalue weighted by molar-refractivity contribution is 0.150. The minimum absolute atomic E-state index is 0.518. The summed E-state index contributed by atoms with van der Waals surface area (Å²) in [6.45, 7) is 15.9. The Morgan fingerprint density at radius 2 is 1.63 bits per heavy atom. The topological polar surface area (TPSA) is 3.24 Å². The molecule has 1 heteroatoms. The van der Waals surface area contributed by atoms with Crippen LogP contribution < -0.4 is 0 Å². The third kappa shape index (κ3) is 8.68. The van der Waals surface area contributed by atoms with Crippen LogP contribution in [0.5, 0.6) is 0 Å². The number of hydrogen-bond donors (Lipinski definition) is 0. The van der Waals surface area contributed by atoms with Crippen LogP contribution in [0.1, 0.15) is 79.6 Å². The Morgan fingerprint density at radius 1 is 1.00 bits per heavy atom. The highest BCUT2D eigenvalue weighted by molar-refractivity contribution is 4.76. The summed E-state index contributed by atoms with van der Waals surface area (Å²) in [5.41, 5.74) is 0.518. The highest BCUT2D eigenvalue weighted by Crippen LogP contribution is 2.30. The van der Waals surface area contributed by atoms with Crippen molar-refractivity contribution in [3.05, 3.63) is 0 Å². The summed E-state index contributed by atoms with van der Waals surface area (Å²) in [6, 6.07) is 0. The van der Waals surface area contributed by atoms with Crippen molar-refractivity contribution in [2.45, 2.75) is 79.6 Å². The van der Waals surface area contributed by atoms with Gasteiger partial charge < -0.3 is 4.90 Å². The number of hydrogen-bond acceptors (Lipinski definition) is 1. The lowest BCUT2D eigenvalue weighted by Crippen LogP contribution is -2.35. The molecule has 0 aliphatic carbocycles. The molecule has 0 aromatic carbocycles. The molecule has 0 aromatic rings. The average Bonchev–Trinajstić information content (AvgIpc) is 2.28. The van der Waals surface area contributed by atoms with E-state index in [0.29, 0.717) is 5.41 Å². The van der Waals surface area contributed by atoms with E-state index in [0.717, 1.165) is 11.8 Å². The molecule has 1 fully saturated rings. The van der Waals surface area contributed by atoms with E-state index < -0.39 is 0 Å². The van der Waals surface area contributed by atoms with Gasteiger partial charge in [-0.15, -0.1) is 0 Å². The van der Waals surface area contributed by atoms with E-state index in [4.69, 9.17) is 0 Å². The average molecular weight is 268 g/mol. The fourth-order valence-electron chi connectivity index (χ4n) is 3.34. The van der Waals surface area contributed by atoms with Crippen molar-refractivity contribution in [2.75, 3.05) is 19.6 Å². The molecule has 1 saturated heterocycles. The first-order chi connectivity index (χ1) is 8.87. The molecule has 0 amide bonds. The SMILES string of the molecule is CC(C)CCCCCN1CCC(CC(C)(C)C)CC1. The van der Waals surface area contributed by atoms with Gasteiger partial charge in [-0.1, -0.05) is 53.9 Å². The van der Waals surface area contributed by atoms with Gasteiger partial charge in [-0.2, -0.15) is 0 Å². The van der Waals surface area contributed by atoms with Crippen molar-refractivity contribution in [1.82, 2.24) is 4.90 Å². The zero-order chi connectivity index (χ0) is 14.3. The van der Waals surface area contributed by atoms with Gasteiger partial charge in [-0.25, -0.2) is 0 Å². The Kier molecular flexibility index (Phi) is 7.42. The highest BCUT2D eigenvalue weighted by Gasteiger charge is 2.23. The number of rotatable bonds is 7. The van der Waals surface area contributed by atoms with E-state index in [9.17, 15) is 0 Å². The zero-order valence-electron chi connectivity index (χ0n) is 14.2. The van der Waals surface area contributed by atoms with Crippen LogP contribution in [0.15, 0.2) is 0 Å². The molecule has 1 aliphatic heterocycles. The van der Waals surface area contributed by atoms with Gasteiger partial charge in [-0.05, 0) is 62.6 Å². The fourth-order valence-corrected chi connectivity index (χ4v) is 3.34. The molecule has 0 saturated carbocycles. The quantitative estimate of drug-likeness (QED) is 0.562. The summed E-state index contributed by atoms with van der Waals surface area (Å²) in [4.78, 5) is 2.70. The number of nitrogens with zero attached hydrogens (tertiary/aromatic N) is 1. The van der Waals surface area contributed by atoms with Crippen LogP contribution in [0.2, 0.25) is 0 Å². The highest BCUT2D eigenvalue weighted by atomic mass is 15.1. The van der Waals surface area contributed by atoms with E-state index in [-0.39, 0.29) is 0 Å². The van der Waals surface area contributed by atoms with Gasteiger partial charge in [0, 0.05) is 0 Å². The third-order valence-electron chi connectivity index (χ3n) is 4.36. The largest absolute Gasteiger partial charge is 0.303 e. The van der Waals surface area contributed by atoms with Crippen LogP contribution in [0.25, 0.3) is 0 Å². The predicted molar refractivity (Wildman–Crippen MR) is 86.5 cm³/mol. The van der Waals surface area contributed by atoms with Gasteiger partial charge in [0.15, 0.2) is 0 Å². The van der Waals surface area contributed by atoms with Gasteiger partial charge in [-0.3, -0.25) is 0 Å². The van der Waals surface area contributed by atoms with Gasteiger partial charge in [0.25, 0.3) is 0 Å². The van der Waals surface area contributed by atoms with Crippen LogP contribution in [-0.2, 0) is 0 Å².